The molecule has 1 aromatic heterocycles. The molecule has 2 aromatic carbocycles. The molecule has 0 spiro atoms. The number of nitrogens with zero attached hydrogens (tertiary/aromatic N) is 1. The van der Waals surface area contributed by atoms with Crippen molar-refractivity contribution in [2.45, 2.75) is 6.42 Å². The maximum atomic E-state index is 12.1. The Labute approximate surface area is 136 Å². The van der Waals surface area contributed by atoms with Crippen molar-refractivity contribution in [3.8, 4) is 5.75 Å². The number of carboxylic acids is 1. The molecule has 0 radical (unpaired) electrons. The van der Waals surface area contributed by atoms with Gasteiger partial charge in [-0.2, -0.15) is 0 Å². The summed E-state index contributed by atoms with van der Waals surface area (Å²) in [4.78, 5) is 26.7. The van der Waals surface area contributed by atoms with Gasteiger partial charge in [0.2, 0.25) is 5.78 Å². The first-order chi connectivity index (χ1) is 11.1. The maximum Gasteiger partial charge on any atom is 0.309 e. The van der Waals surface area contributed by atoms with E-state index in [-0.39, 0.29) is 23.8 Å². The molecule has 5 nitrogen and oxygen atoms in total. The molecule has 0 bridgehead atoms. The lowest BCUT2D eigenvalue weighted by molar-refractivity contribution is -0.136. The number of rotatable bonds is 6. The molecular formula is C17H13NO4S. The second kappa shape index (κ2) is 6.58. The normalized spacial score (nSPS) is 10.6. The lowest BCUT2D eigenvalue weighted by Crippen LogP contribution is -2.11. The summed E-state index contributed by atoms with van der Waals surface area (Å²) in [6.07, 6.45) is -0.185. The molecule has 116 valence electrons. The van der Waals surface area contributed by atoms with Crippen molar-refractivity contribution in [2.75, 3.05) is 6.61 Å². The van der Waals surface area contributed by atoms with E-state index in [9.17, 15) is 9.59 Å². The van der Waals surface area contributed by atoms with Crippen LogP contribution in [0.4, 0.5) is 0 Å². The zero-order chi connectivity index (χ0) is 16.2. The van der Waals surface area contributed by atoms with Crippen LogP contribution in [0.3, 0.4) is 0 Å². The molecule has 0 aliphatic heterocycles. The molecule has 3 aromatic rings. The number of aliphatic carboxylic acids is 1. The fourth-order valence-electron chi connectivity index (χ4n) is 2.14. The van der Waals surface area contributed by atoms with Gasteiger partial charge in [0.05, 0.1) is 12.1 Å². The number of carboxylic acid groups (broad SMARTS) is 1. The Morgan fingerprint density at radius 3 is 2.70 bits per heavy atom. The van der Waals surface area contributed by atoms with Gasteiger partial charge < -0.3 is 9.84 Å². The van der Waals surface area contributed by atoms with E-state index < -0.39 is 5.97 Å². The first-order valence-electron chi connectivity index (χ1n) is 6.93. The quantitative estimate of drug-likeness (QED) is 0.704. The third kappa shape index (κ3) is 3.73. The van der Waals surface area contributed by atoms with E-state index in [1.165, 1.54) is 0 Å². The summed E-state index contributed by atoms with van der Waals surface area (Å²) >= 11 is 1.13. The molecule has 0 saturated carbocycles. The zero-order valence-electron chi connectivity index (χ0n) is 12.1. The first-order valence-corrected chi connectivity index (χ1v) is 7.81. The molecule has 0 aliphatic carbocycles. The van der Waals surface area contributed by atoms with Gasteiger partial charge in [-0.25, -0.2) is 4.98 Å². The van der Waals surface area contributed by atoms with E-state index >= 15 is 0 Å². The Balaban J connectivity index is 1.65. The zero-order valence-corrected chi connectivity index (χ0v) is 12.9. The van der Waals surface area contributed by atoms with Crippen LogP contribution in [-0.2, 0) is 11.2 Å². The Hall–Kier alpha value is -2.73. The molecule has 1 N–H and O–H groups in total. The molecular weight excluding hydrogens is 314 g/mol. The number of fused-ring (bicyclic) bond motifs is 1. The first kappa shape index (κ1) is 15.2. The number of hydrogen-bond donors (Lipinski definition) is 1. The average molecular weight is 327 g/mol. The van der Waals surface area contributed by atoms with Crippen molar-refractivity contribution >= 4 is 33.9 Å². The minimum atomic E-state index is -0.971. The van der Waals surface area contributed by atoms with Gasteiger partial charge in [-0.3, -0.25) is 9.59 Å². The number of ether oxygens (including phenoxy) is 1. The van der Waals surface area contributed by atoms with E-state index in [1.54, 1.807) is 5.38 Å². The fourth-order valence-corrected chi connectivity index (χ4v) is 2.88. The molecule has 1 heterocycles. The summed E-state index contributed by atoms with van der Waals surface area (Å²) in [6.45, 7) is -0.127. The number of ketones is 1. The van der Waals surface area contributed by atoms with Crippen LogP contribution in [0.5, 0.6) is 5.75 Å². The molecule has 0 fully saturated rings. The molecule has 0 unspecified atom stereocenters. The van der Waals surface area contributed by atoms with Gasteiger partial charge in [0.1, 0.15) is 5.75 Å². The number of Topliss-reactive ketones (excluding diaryl/α,β-unsaturated/α-hetero) is 1. The maximum absolute atomic E-state index is 12.1. The summed E-state index contributed by atoms with van der Waals surface area (Å²) in [6, 6.07) is 13.5. The lowest BCUT2D eigenvalue weighted by atomic mass is 10.1. The molecule has 0 amide bonds. The molecule has 23 heavy (non-hydrogen) atoms. The number of thiazole rings is 1. The number of hydrogen-bond acceptors (Lipinski definition) is 5. The Morgan fingerprint density at radius 2 is 1.91 bits per heavy atom. The van der Waals surface area contributed by atoms with Crippen molar-refractivity contribution in [3.05, 3.63) is 58.5 Å². The second-order valence-corrected chi connectivity index (χ2v) is 5.79. The second-order valence-electron chi connectivity index (χ2n) is 4.94. The lowest BCUT2D eigenvalue weighted by Gasteiger charge is -2.05. The highest BCUT2D eigenvalue weighted by Crippen LogP contribution is 2.21. The molecule has 3 rings (SSSR count). The smallest absolute Gasteiger partial charge is 0.309 e. The largest absolute Gasteiger partial charge is 0.485 e. The van der Waals surface area contributed by atoms with Gasteiger partial charge >= 0.3 is 5.97 Å². The van der Waals surface area contributed by atoms with Crippen LogP contribution < -0.4 is 4.74 Å². The van der Waals surface area contributed by atoms with Crippen LogP contribution in [0.1, 0.15) is 15.5 Å². The van der Waals surface area contributed by atoms with E-state index in [4.69, 9.17) is 9.84 Å². The molecule has 0 aliphatic rings. The minimum absolute atomic E-state index is 0.127. The average Bonchev–Trinajstić information content (AvgIpc) is 3.00. The van der Waals surface area contributed by atoms with E-state index in [0.717, 1.165) is 22.1 Å². The van der Waals surface area contributed by atoms with Crippen LogP contribution in [0.2, 0.25) is 0 Å². The number of carbonyl (C=O) groups excluding carboxylic acids is 1. The van der Waals surface area contributed by atoms with Crippen molar-refractivity contribution < 1.29 is 19.4 Å². The Morgan fingerprint density at radius 1 is 1.13 bits per heavy atom. The van der Waals surface area contributed by atoms with Crippen molar-refractivity contribution in [1.82, 2.24) is 4.98 Å². The number of benzene rings is 2. The molecule has 0 atom stereocenters. The number of aromatic nitrogens is 1. The Bertz CT molecular complexity index is 872. The fraction of sp³-hybridized carbons (Fsp3) is 0.118. The summed E-state index contributed by atoms with van der Waals surface area (Å²) in [5.74, 6) is -0.624. The van der Waals surface area contributed by atoms with E-state index in [2.05, 4.69) is 4.98 Å². The third-order valence-corrected chi connectivity index (χ3v) is 4.15. The highest BCUT2D eigenvalue weighted by atomic mass is 32.1. The summed E-state index contributed by atoms with van der Waals surface area (Å²) in [5, 5.41) is 12.7. The predicted octanol–water partition coefficient (Wildman–Crippen LogP) is 3.19. The van der Waals surface area contributed by atoms with Gasteiger partial charge in [0.15, 0.2) is 11.6 Å². The van der Waals surface area contributed by atoms with Crippen molar-refractivity contribution in [2.24, 2.45) is 0 Å². The van der Waals surface area contributed by atoms with E-state index in [1.807, 2.05) is 42.5 Å². The summed E-state index contributed by atoms with van der Waals surface area (Å²) in [7, 11) is 0. The summed E-state index contributed by atoms with van der Waals surface area (Å²) < 4.78 is 5.52. The predicted molar refractivity (Wildman–Crippen MR) is 87.2 cm³/mol. The van der Waals surface area contributed by atoms with Gasteiger partial charge in [-0.15, -0.1) is 11.3 Å². The molecule has 6 heteroatoms. The summed E-state index contributed by atoms with van der Waals surface area (Å²) in [5.41, 5.74) is 0.386. The van der Waals surface area contributed by atoms with Crippen LogP contribution >= 0.6 is 11.3 Å². The van der Waals surface area contributed by atoms with Gasteiger partial charge in [0, 0.05) is 5.38 Å². The standard InChI is InChI=1S/C17H13NO4S/c19-15(17-18-13(10-23-17)8-16(20)21)9-22-14-6-5-11-3-1-2-4-12(11)7-14/h1-7,10H,8-9H2,(H,20,21). The van der Waals surface area contributed by atoms with Crippen molar-refractivity contribution in [1.29, 1.82) is 0 Å². The monoisotopic (exact) mass is 327 g/mol. The van der Waals surface area contributed by atoms with E-state index in [0.29, 0.717) is 11.4 Å². The highest BCUT2D eigenvalue weighted by Gasteiger charge is 2.13. The van der Waals surface area contributed by atoms with Gasteiger partial charge in [-0.05, 0) is 22.9 Å². The van der Waals surface area contributed by atoms with Crippen LogP contribution in [0.15, 0.2) is 47.8 Å². The van der Waals surface area contributed by atoms with Gasteiger partial charge in [-0.1, -0.05) is 30.3 Å². The van der Waals surface area contributed by atoms with Crippen LogP contribution in [0.25, 0.3) is 10.8 Å². The van der Waals surface area contributed by atoms with Crippen LogP contribution in [0, 0.1) is 0 Å². The van der Waals surface area contributed by atoms with Crippen LogP contribution in [-0.4, -0.2) is 28.4 Å². The molecule has 0 saturated heterocycles. The Kier molecular flexibility index (Phi) is 4.34. The van der Waals surface area contributed by atoms with Crippen molar-refractivity contribution in [3.63, 3.8) is 0 Å². The number of carbonyl (C=O) groups is 2. The third-order valence-electron chi connectivity index (χ3n) is 3.21. The van der Waals surface area contributed by atoms with Gasteiger partial charge in [0.25, 0.3) is 0 Å². The minimum Gasteiger partial charge on any atom is -0.485 e. The highest BCUT2D eigenvalue weighted by molar-refractivity contribution is 7.11. The SMILES string of the molecule is O=C(O)Cc1csc(C(=O)COc2ccc3ccccc3c2)n1. The topological polar surface area (TPSA) is 76.5 Å².